The number of thiocarbonyl (C=S) groups is 1. The van der Waals surface area contributed by atoms with E-state index in [2.05, 4.69) is 17.1 Å². The van der Waals surface area contributed by atoms with E-state index in [1.54, 1.807) is 7.11 Å². The van der Waals surface area contributed by atoms with Crippen molar-refractivity contribution in [3.05, 3.63) is 0 Å². The number of piperidine rings is 1. The van der Waals surface area contributed by atoms with Crippen molar-refractivity contribution in [1.29, 1.82) is 0 Å². The monoisotopic (exact) mass is 216 g/mol. The minimum absolute atomic E-state index is 0.589. The van der Waals surface area contributed by atoms with Crippen LogP contribution in [0.25, 0.3) is 0 Å². The summed E-state index contributed by atoms with van der Waals surface area (Å²) < 4.78 is 4.97. The van der Waals surface area contributed by atoms with Crippen LogP contribution in [0.1, 0.15) is 26.2 Å². The molecule has 1 saturated heterocycles. The number of methoxy groups -OCH3 is 1. The van der Waals surface area contributed by atoms with Gasteiger partial charge >= 0.3 is 0 Å². The van der Waals surface area contributed by atoms with Gasteiger partial charge in [0.15, 0.2) is 5.11 Å². The standard InChI is InChI=1S/C10H20N2OS/c1-9-5-3-4-7-12(9)10(14)11-6-8-13-2/h9H,3-8H2,1-2H3,(H,11,14). The van der Waals surface area contributed by atoms with Crippen molar-refractivity contribution in [2.45, 2.75) is 32.2 Å². The van der Waals surface area contributed by atoms with E-state index in [9.17, 15) is 0 Å². The molecule has 1 aliphatic heterocycles. The predicted molar refractivity (Wildman–Crippen MR) is 62.5 cm³/mol. The lowest BCUT2D eigenvalue weighted by Gasteiger charge is -2.35. The fraction of sp³-hybridized carbons (Fsp3) is 0.900. The molecule has 1 aliphatic rings. The molecule has 0 aromatic heterocycles. The summed E-state index contributed by atoms with van der Waals surface area (Å²) in [5, 5.41) is 4.10. The van der Waals surface area contributed by atoms with E-state index in [1.165, 1.54) is 19.3 Å². The molecule has 1 N–H and O–H groups in total. The van der Waals surface area contributed by atoms with Crippen LogP contribution in [-0.2, 0) is 4.74 Å². The first-order chi connectivity index (χ1) is 6.75. The molecule has 4 heteroatoms. The summed E-state index contributed by atoms with van der Waals surface area (Å²) >= 11 is 5.32. The molecule has 1 heterocycles. The molecule has 0 aromatic carbocycles. The van der Waals surface area contributed by atoms with Crippen molar-refractivity contribution in [3.63, 3.8) is 0 Å². The molecular formula is C10H20N2OS. The number of hydrogen-bond acceptors (Lipinski definition) is 2. The van der Waals surface area contributed by atoms with Crippen molar-refractivity contribution in [2.24, 2.45) is 0 Å². The van der Waals surface area contributed by atoms with Gasteiger partial charge in [-0.2, -0.15) is 0 Å². The summed E-state index contributed by atoms with van der Waals surface area (Å²) in [6.07, 6.45) is 3.85. The average molecular weight is 216 g/mol. The first-order valence-corrected chi connectivity index (χ1v) is 5.70. The maximum atomic E-state index is 5.32. The molecule has 1 rings (SSSR count). The molecule has 1 unspecified atom stereocenters. The smallest absolute Gasteiger partial charge is 0.169 e. The molecule has 3 nitrogen and oxygen atoms in total. The molecule has 0 spiro atoms. The van der Waals surface area contributed by atoms with Crippen LogP contribution in [0, 0.1) is 0 Å². The zero-order chi connectivity index (χ0) is 10.4. The molecule has 0 aliphatic carbocycles. The Morgan fingerprint density at radius 1 is 1.57 bits per heavy atom. The first-order valence-electron chi connectivity index (χ1n) is 5.29. The van der Waals surface area contributed by atoms with E-state index in [0.29, 0.717) is 12.6 Å². The minimum Gasteiger partial charge on any atom is -0.383 e. The highest BCUT2D eigenvalue weighted by Crippen LogP contribution is 2.16. The fourth-order valence-electron chi connectivity index (χ4n) is 1.76. The molecule has 82 valence electrons. The van der Waals surface area contributed by atoms with Gasteiger partial charge in [-0.1, -0.05) is 0 Å². The number of hydrogen-bond donors (Lipinski definition) is 1. The molecule has 0 bridgehead atoms. The van der Waals surface area contributed by atoms with Crippen molar-refractivity contribution in [2.75, 3.05) is 26.8 Å². The normalized spacial score (nSPS) is 22.1. The Morgan fingerprint density at radius 2 is 2.36 bits per heavy atom. The average Bonchev–Trinajstić information content (AvgIpc) is 2.18. The van der Waals surface area contributed by atoms with Crippen LogP contribution >= 0.6 is 12.2 Å². The van der Waals surface area contributed by atoms with E-state index < -0.39 is 0 Å². The van der Waals surface area contributed by atoms with E-state index >= 15 is 0 Å². The van der Waals surface area contributed by atoms with Crippen LogP contribution in [0.3, 0.4) is 0 Å². The molecule has 0 radical (unpaired) electrons. The number of likely N-dealkylation sites (tertiary alicyclic amines) is 1. The topological polar surface area (TPSA) is 24.5 Å². The summed E-state index contributed by atoms with van der Waals surface area (Å²) in [6, 6.07) is 0.589. The Hall–Kier alpha value is -0.350. The summed E-state index contributed by atoms with van der Waals surface area (Å²) in [5.74, 6) is 0. The van der Waals surface area contributed by atoms with Gasteiger partial charge in [-0.05, 0) is 38.4 Å². The van der Waals surface area contributed by atoms with Gasteiger partial charge in [0.2, 0.25) is 0 Å². The SMILES string of the molecule is COCCNC(=S)N1CCCCC1C. The fourth-order valence-corrected chi connectivity index (χ4v) is 2.13. The van der Waals surface area contributed by atoms with Gasteiger partial charge in [-0.15, -0.1) is 0 Å². The van der Waals surface area contributed by atoms with Crippen LogP contribution < -0.4 is 5.32 Å². The molecular weight excluding hydrogens is 196 g/mol. The van der Waals surface area contributed by atoms with Crippen LogP contribution in [0.5, 0.6) is 0 Å². The Balaban J connectivity index is 2.27. The van der Waals surface area contributed by atoms with Gasteiger partial charge in [-0.3, -0.25) is 0 Å². The Labute approximate surface area is 91.8 Å². The zero-order valence-corrected chi connectivity index (χ0v) is 9.90. The Morgan fingerprint density at radius 3 is 3.00 bits per heavy atom. The third kappa shape index (κ3) is 3.42. The highest BCUT2D eigenvalue weighted by Gasteiger charge is 2.19. The summed E-state index contributed by atoms with van der Waals surface area (Å²) in [6.45, 7) is 4.85. The highest BCUT2D eigenvalue weighted by atomic mass is 32.1. The second-order valence-corrected chi connectivity index (χ2v) is 4.15. The molecule has 1 fully saturated rings. The van der Waals surface area contributed by atoms with Crippen LogP contribution in [0.4, 0.5) is 0 Å². The minimum atomic E-state index is 0.589. The quantitative estimate of drug-likeness (QED) is 0.569. The van der Waals surface area contributed by atoms with E-state index in [4.69, 9.17) is 17.0 Å². The second-order valence-electron chi connectivity index (χ2n) is 3.76. The number of ether oxygens (including phenoxy) is 1. The van der Waals surface area contributed by atoms with Gasteiger partial charge in [0.25, 0.3) is 0 Å². The van der Waals surface area contributed by atoms with E-state index in [-0.39, 0.29) is 0 Å². The van der Waals surface area contributed by atoms with Gasteiger partial charge < -0.3 is 15.0 Å². The van der Waals surface area contributed by atoms with E-state index in [1.807, 2.05) is 0 Å². The molecule has 0 amide bonds. The van der Waals surface area contributed by atoms with Gasteiger partial charge in [0.05, 0.1) is 6.61 Å². The van der Waals surface area contributed by atoms with Gasteiger partial charge in [-0.25, -0.2) is 0 Å². The number of nitrogens with one attached hydrogen (secondary N) is 1. The maximum absolute atomic E-state index is 5.32. The third-order valence-corrected chi connectivity index (χ3v) is 3.03. The zero-order valence-electron chi connectivity index (χ0n) is 9.08. The van der Waals surface area contributed by atoms with Crippen LogP contribution in [-0.4, -0.2) is 42.9 Å². The van der Waals surface area contributed by atoms with Crippen LogP contribution in [0.2, 0.25) is 0 Å². The van der Waals surface area contributed by atoms with E-state index in [0.717, 1.165) is 18.2 Å². The molecule has 14 heavy (non-hydrogen) atoms. The van der Waals surface area contributed by atoms with Gasteiger partial charge in [0, 0.05) is 26.2 Å². The Bertz CT molecular complexity index is 187. The van der Waals surface area contributed by atoms with Crippen molar-refractivity contribution in [3.8, 4) is 0 Å². The lowest BCUT2D eigenvalue weighted by Crippen LogP contribution is -2.47. The van der Waals surface area contributed by atoms with Crippen molar-refractivity contribution >= 4 is 17.3 Å². The third-order valence-electron chi connectivity index (χ3n) is 2.65. The Kier molecular flexibility index (Phi) is 5.19. The molecule has 0 saturated carbocycles. The summed E-state index contributed by atoms with van der Waals surface area (Å²) in [7, 11) is 1.70. The number of nitrogens with zero attached hydrogens (tertiary/aromatic N) is 1. The predicted octanol–water partition coefficient (Wildman–Crippen LogP) is 1.38. The summed E-state index contributed by atoms with van der Waals surface area (Å²) in [5.41, 5.74) is 0. The van der Waals surface area contributed by atoms with Gasteiger partial charge in [0.1, 0.15) is 0 Å². The highest BCUT2D eigenvalue weighted by molar-refractivity contribution is 7.80. The second kappa shape index (κ2) is 6.19. The largest absolute Gasteiger partial charge is 0.383 e. The first kappa shape index (κ1) is 11.7. The van der Waals surface area contributed by atoms with Crippen molar-refractivity contribution < 1.29 is 4.74 Å². The lowest BCUT2D eigenvalue weighted by molar-refractivity contribution is 0.200. The van der Waals surface area contributed by atoms with Crippen molar-refractivity contribution in [1.82, 2.24) is 10.2 Å². The van der Waals surface area contributed by atoms with Crippen LogP contribution in [0.15, 0.2) is 0 Å². The number of rotatable bonds is 3. The maximum Gasteiger partial charge on any atom is 0.169 e. The summed E-state index contributed by atoms with van der Waals surface area (Å²) in [4.78, 5) is 2.29. The lowest BCUT2D eigenvalue weighted by atomic mass is 10.0. The molecule has 1 atom stereocenters. The molecule has 0 aromatic rings.